The van der Waals surface area contributed by atoms with Gasteiger partial charge in [-0.05, 0) is 74.5 Å². The Balaban J connectivity index is 1.76. The molecule has 0 fully saturated rings. The van der Waals surface area contributed by atoms with Gasteiger partial charge < -0.3 is 20.9 Å². The Bertz CT molecular complexity index is 1340. The van der Waals surface area contributed by atoms with Crippen molar-refractivity contribution < 1.29 is 14.4 Å². The summed E-state index contributed by atoms with van der Waals surface area (Å²) >= 11 is 6.04. The Labute approximate surface area is 226 Å². The number of amides is 3. The molecule has 9 nitrogen and oxygen atoms in total. The van der Waals surface area contributed by atoms with Gasteiger partial charge in [0.05, 0.1) is 5.69 Å². The van der Waals surface area contributed by atoms with Crippen molar-refractivity contribution in [2.24, 2.45) is 5.10 Å². The summed E-state index contributed by atoms with van der Waals surface area (Å²) in [5, 5.41) is 14.7. The molecule has 0 radical (unpaired) electrons. The average Bonchev–Trinajstić information content (AvgIpc) is 3.16. The van der Waals surface area contributed by atoms with Crippen LogP contribution in [0.1, 0.15) is 31.1 Å². The maximum Gasteiger partial charge on any atom is 0.302 e. The van der Waals surface area contributed by atoms with E-state index in [-0.39, 0.29) is 5.84 Å². The van der Waals surface area contributed by atoms with Crippen LogP contribution in [0.25, 0.3) is 0 Å². The first-order valence-electron chi connectivity index (χ1n) is 12.2. The summed E-state index contributed by atoms with van der Waals surface area (Å²) in [6.07, 6.45) is 0. The molecule has 0 aliphatic carbocycles. The number of benzene rings is 3. The van der Waals surface area contributed by atoms with Gasteiger partial charge in [0.1, 0.15) is 0 Å². The molecule has 10 heteroatoms. The first kappa shape index (κ1) is 26.7. The minimum absolute atomic E-state index is 0.0747. The average molecular weight is 533 g/mol. The Morgan fingerprint density at radius 3 is 2.16 bits per heavy atom. The topological polar surface area (TPSA) is 106 Å². The summed E-state index contributed by atoms with van der Waals surface area (Å²) in [4.78, 5) is 41.7. The van der Waals surface area contributed by atoms with Crippen LogP contribution in [0.2, 0.25) is 5.02 Å². The summed E-state index contributed by atoms with van der Waals surface area (Å²) in [6, 6.07) is 22.5. The summed E-state index contributed by atoms with van der Waals surface area (Å²) in [6.45, 7) is 7.12. The molecule has 3 aromatic rings. The number of carbonyl (C=O) groups excluding carboxylic acids is 3. The highest BCUT2D eigenvalue weighted by Crippen LogP contribution is 2.29. The Morgan fingerprint density at radius 2 is 1.58 bits per heavy atom. The van der Waals surface area contributed by atoms with Gasteiger partial charge in [-0.1, -0.05) is 29.8 Å². The van der Waals surface area contributed by atoms with E-state index in [0.717, 1.165) is 23.8 Å². The number of rotatable bonds is 8. The molecule has 1 aliphatic rings. The fourth-order valence-electron chi connectivity index (χ4n) is 4.21. The molecule has 4 rings (SSSR count). The number of hydrogen-bond acceptors (Lipinski definition) is 6. The lowest BCUT2D eigenvalue weighted by Crippen LogP contribution is -2.67. The Kier molecular flexibility index (Phi) is 7.97. The number of hydrazone groups is 1. The second-order valence-corrected chi connectivity index (χ2v) is 9.07. The minimum Gasteiger partial charge on any atom is -0.372 e. The SMILES string of the molecule is CCN(CC)c1ccc(NC2(NC(C)=O)C(=O)N(c3ccc(Cl)cc3)N=C2NC(=O)c2ccccc2)cc1. The van der Waals surface area contributed by atoms with Gasteiger partial charge in [-0.25, -0.2) is 0 Å². The van der Waals surface area contributed by atoms with Crippen molar-refractivity contribution in [3.63, 3.8) is 0 Å². The van der Waals surface area contributed by atoms with Crippen LogP contribution in [0, 0.1) is 0 Å². The first-order chi connectivity index (χ1) is 18.3. The van der Waals surface area contributed by atoms with Crippen LogP contribution in [-0.2, 0) is 9.59 Å². The number of nitrogens with zero attached hydrogens (tertiary/aromatic N) is 3. The van der Waals surface area contributed by atoms with Gasteiger partial charge in [-0.15, -0.1) is 5.10 Å². The normalized spacial score (nSPS) is 16.6. The third-order valence-corrected chi connectivity index (χ3v) is 6.35. The van der Waals surface area contributed by atoms with Gasteiger partial charge in [0.15, 0.2) is 5.84 Å². The number of amidine groups is 1. The van der Waals surface area contributed by atoms with Gasteiger partial charge in [0.2, 0.25) is 5.91 Å². The Morgan fingerprint density at radius 1 is 0.947 bits per heavy atom. The van der Waals surface area contributed by atoms with Crippen molar-refractivity contribution in [3.05, 3.63) is 89.4 Å². The van der Waals surface area contributed by atoms with E-state index in [4.69, 9.17) is 11.6 Å². The van der Waals surface area contributed by atoms with E-state index in [9.17, 15) is 14.4 Å². The first-order valence-corrected chi connectivity index (χ1v) is 12.6. The van der Waals surface area contributed by atoms with Crippen LogP contribution in [0.3, 0.4) is 0 Å². The third kappa shape index (κ3) is 5.47. The highest BCUT2D eigenvalue weighted by atomic mass is 35.5. The molecule has 1 atom stereocenters. The maximum absolute atomic E-state index is 14.0. The smallest absolute Gasteiger partial charge is 0.302 e. The highest BCUT2D eigenvalue weighted by Gasteiger charge is 2.54. The predicted molar refractivity (Wildman–Crippen MR) is 150 cm³/mol. The molecule has 1 heterocycles. The van der Waals surface area contributed by atoms with Crippen molar-refractivity contribution in [1.29, 1.82) is 0 Å². The number of anilines is 3. The van der Waals surface area contributed by atoms with Crippen LogP contribution in [-0.4, -0.2) is 42.3 Å². The zero-order valence-corrected chi connectivity index (χ0v) is 22.1. The van der Waals surface area contributed by atoms with Crippen LogP contribution < -0.4 is 25.9 Å². The quantitative estimate of drug-likeness (QED) is 0.377. The Hall–Kier alpha value is -4.37. The monoisotopic (exact) mass is 532 g/mol. The zero-order chi connectivity index (χ0) is 27.3. The minimum atomic E-state index is -1.88. The van der Waals surface area contributed by atoms with Crippen molar-refractivity contribution in [2.75, 3.05) is 28.3 Å². The van der Waals surface area contributed by atoms with Crippen molar-refractivity contribution in [2.45, 2.75) is 26.4 Å². The molecule has 3 N–H and O–H groups in total. The van der Waals surface area contributed by atoms with Crippen molar-refractivity contribution in [3.8, 4) is 0 Å². The number of nitrogens with one attached hydrogen (secondary N) is 3. The van der Waals surface area contributed by atoms with Crippen LogP contribution >= 0.6 is 11.6 Å². The number of hydrogen-bond donors (Lipinski definition) is 3. The largest absolute Gasteiger partial charge is 0.372 e. The molecule has 196 valence electrons. The van der Waals surface area contributed by atoms with Crippen molar-refractivity contribution >= 4 is 52.2 Å². The van der Waals surface area contributed by atoms with E-state index >= 15 is 0 Å². The molecule has 38 heavy (non-hydrogen) atoms. The molecule has 1 aliphatic heterocycles. The summed E-state index contributed by atoms with van der Waals surface area (Å²) in [5.74, 6) is -1.66. The number of halogens is 1. The molecule has 0 saturated carbocycles. The maximum atomic E-state index is 14.0. The molecular weight excluding hydrogens is 504 g/mol. The third-order valence-electron chi connectivity index (χ3n) is 6.10. The fourth-order valence-corrected chi connectivity index (χ4v) is 4.33. The number of carbonyl (C=O) groups is 3. The fraction of sp³-hybridized carbons (Fsp3) is 0.214. The van der Waals surface area contributed by atoms with E-state index < -0.39 is 23.4 Å². The lowest BCUT2D eigenvalue weighted by molar-refractivity contribution is -0.127. The molecule has 0 aromatic heterocycles. The zero-order valence-electron chi connectivity index (χ0n) is 21.4. The van der Waals surface area contributed by atoms with Gasteiger partial charge in [-0.3, -0.25) is 14.4 Å². The summed E-state index contributed by atoms with van der Waals surface area (Å²) in [5.41, 5.74) is 0.459. The molecule has 3 amide bonds. The second-order valence-electron chi connectivity index (χ2n) is 8.64. The summed E-state index contributed by atoms with van der Waals surface area (Å²) < 4.78 is 0. The van der Waals surface area contributed by atoms with Crippen LogP contribution in [0.5, 0.6) is 0 Å². The molecule has 0 spiro atoms. The molecule has 0 bridgehead atoms. The van der Waals surface area contributed by atoms with E-state index in [1.807, 2.05) is 24.3 Å². The van der Waals surface area contributed by atoms with Gasteiger partial charge in [-0.2, -0.15) is 5.01 Å². The van der Waals surface area contributed by atoms with E-state index in [2.05, 4.69) is 39.8 Å². The van der Waals surface area contributed by atoms with E-state index in [1.54, 1.807) is 54.6 Å². The van der Waals surface area contributed by atoms with Gasteiger partial charge in [0.25, 0.3) is 11.6 Å². The standard InChI is InChI=1S/C28H29ClN6O3/c1-4-34(5-2)23-17-13-22(14-18-23)32-28(31-19(3)36)26(30-25(37)20-9-7-6-8-10-20)33-35(27(28)38)24-15-11-21(29)12-16-24/h6-18,32H,4-5H2,1-3H3,(H,31,36)(H,30,33,37). The van der Waals surface area contributed by atoms with Crippen LogP contribution in [0.4, 0.5) is 17.1 Å². The van der Waals surface area contributed by atoms with E-state index in [1.165, 1.54) is 6.92 Å². The van der Waals surface area contributed by atoms with Gasteiger partial charge in [0, 0.05) is 42.0 Å². The molecule has 0 saturated heterocycles. The molecule has 1 unspecified atom stereocenters. The summed E-state index contributed by atoms with van der Waals surface area (Å²) in [7, 11) is 0. The van der Waals surface area contributed by atoms with Crippen molar-refractivity contribution in [1.82, 2.24) is 10.6 Å². The highest BCUT2D eigenvalue weighted by molar-refractivity contribution is 6.31. The molecular formula is C28H29ClN6O3. The van der Waals surface area contributed by atoms with E-state index in [0.29, 0.717) is 22.0 Å². The predicted octanol–water partition coefficient (Wildman–Crippen LogP) is 4.22. The molecule has 3 aromatic carbocycles. The van der Waals surface area contributed by atoms with Crippen LogP contribution in [0.15, 0.2) is 84.0 Å². The van der Waals surface area contributed by atoms with Gasteiger partial charge >= 0.3 is 5.91 Å². The lowest BCUT2D eigenvalue weighted by atomic mass is 10.1. The second kappa shape index (κ2) is 11.4. The lowest BCUT2D eigenvalue weighted by Gasteiger charge is -2.31.